The summed E-state index contributed by atoms with van der Waals surface area (Å²) in [7, 11) is 1.94. The Morgan fingerprint density at radius 2 is 2.22 bits per heavy atom. The van der Waals surface area contributed by atoms with Gasteiger partial charge in [0.05, 0.1) is 16.4 Å². The summed E-state index contributed by atoms with van der Waals surface area (Å²) >= 11 is 6.36. The number of ketones is 1. The number of nitrogens with zero attached hydrogens (tertiary/aromatic N) is 2. The van der Waals surface area contributed by atoms with Gasteiger partial charge in [-0.25, -0.2) is 0 Å². The predicted molar refractivity (Wildman–Crippen MR) is 72.9 cm³/mol. The van der Waals surface area contributed by atoms with Crippen LogP contribution in [0.3, 0.4) is 0 Å². The van der Waals surface area contributed by atoms with Gasteiger partial charge in [-0.15, -0.1) is 0 Å². The van der Waals surface area contributed by atoms with Crippen LogP contribution in [0.5, 0.6) is 0 Å². The molecule has 3 nitrogen and oxygen atoms in total. The van der Waals surface area contributed by atoms with Crippen LogP contribution in [-0.4, -0.2) is 15.6 Å². The molecular formula is C14H21ClN2O. The van der Waals surface area contributed by atoms with Crippen LogP contribution in [0.1, 0.15) is 50.4 Å². The normalized spacial score (nSPS) is 21.1. The van der Waals surface area contributed by atoms with E-state index in [1.807, 2.05) is 11.7 Å². The van der Waals surface area contributed by atoms with Crippen molar-refractivity contribution >= 4 is 17.4 Å². The Bertz CT molecular complexity index is 439. The van der Waals surface area contributed by atoms with Crippen LogP contribution in [-0.2, 0) is 24.7 Å². The molecule has 100 valence electrons. The zero-order valence-corrected chi connectivity index (χ0v) is 12.0. The van der Waals surface area contributed by atoms with E-state index in [0.717, 1.165) is 54.9 Å². The van der Waals surface area contributed by atoms with Gasteiger partial charge in [-0.2, -0.15) is 5.10 Å². The molecule has 0 N–H and O–H groups in total. The van der Waals surface area contributed by atoms with Crippen molar-refractivity contribution in [3.8, 4) is 0 Å². The van der Waals surface area contributed by atoms with Crippen molar-refractivity contribution in [1.82, 2.24) is 9.78 Å². The van der Waals surface area contributed by atoms with E-state index in [4.69, 9.17) is 11.6 Å². The second-order valence-corrected chi connectivity index (χ2v) is 5.62. The smallest absolute Gasteiger partial charge is 0.133 e. The molecule has 0 amide bonds. The highest BCUT2D eigenvalue weighted by Gasteiger charge is 2.22. The monoisotopic (exact) mass is 268 g/mol. The molecule has 1 aromatic heterocycles. The standard InChI is InChI=1S/C14H21ClN2O/c1-3-12-14(15)13(17(2)16-12)9-10-6-4-5-7-11(18)8-10/h10H,3-9H2,1-2H3. The summed E-state index contributed by atoms with van der Waals surface area (Å²) < 4.78 is 1.89. The lowest BCUT2D eigenvalue weighted by atomic mass is 9.94. The number of hydrogen-bond donors (Lipinski definition) is 0. The first-order chi connectivity index (χ1) is 8.61. The number of carbonyl (C=O) groups is 1. The second-order valence-electron chi connectivity index (χ2n) is 5.24. The van der Waals surface area contributed by atoms with Crippen molar-refractivity contribution in [3.63, 3.8) is 0 Å². The Morgan fingerprint density at radius 3 is 2.89 bits per heavy atom. The van der Waals surface area contributed by atoms with Gasteiger partial charge < -0.3 is 0 Å². The lowest BCUT2D eigenvalue weighted by molar-refractivity contribution is -0.119. The largest absolute Gasteiger partial charge is 0.300 e. The molecular weight excluding hydrogens is 248 g/mol. The number of carbonyl (C=O) groups excluding carboxylic acids is 1. The molecule has 0 radical (unpaired) electrons. The molecule has 1 aromatic rings. The summed E-state index contributed by atoms with van der Waals surface area (Å²) in [4.78, 5) is 11.7. The Morgan fingerprint density at radius 1 is 1.44 bits per heavy atom. The molecule has 1 aliphatic rings. The number of halogens is 1. The van der Waals surface area contributed by atoms with Crippen LogP contribution in [0.25, 0.3) is 0 Å². The van der Waals surface area contributed by atoms with Crippen molar-refractivity contribution in [1.29, 1.82) is 0 Å². The van der Waals surface area contributed by atoms with Crippen molar-refractivity contribution < 1.29 is 4.79 Å². The molecule has 1 atom stereocenters. The molecule has 0 aliphatic heterocycles. The molecule has 1 aliphatic carbocycles. The van der Waals surface area contributed by atoms with Crippen molar-refractivity contribution in [3.05, 3.63) is 16.4 Å². The average molecular weight is 269 g/mol. The van der Waals surface area contributed by atoms with E-state index < -0.39 is 0 Å². The maximum Gasteiger partial charge on any atom is 0.133 e. The SMILES string of the molecule is CCc1nn(C)c(CC2CCCCC(=O)C2)c1Cl. The average Bonchev–Trinajstić information content (AvgIpc) is 2.53. The van der Waals surface area contributed by atoms with Gasteiger partial charge in [0.25, 0.3) is 0 Å². The van der Waals surface area contributed by atoms with Crippen LogP contribution >= 0.6 is 11.6 Å². The fraction of sp³-hybridized carbons (Fsp3) is 0.714. The topological polar surface area (TPSA) is 34.9 Å². The summed E-state index contributed by atoms with van der Waals surface area (Å²) in [6, 6.07) is 0. The molecule has 4 heteroatoms. The zero-order valence-electron chi connectivity index (χ0n) is 11.2. The van der Waals surface area contributed by atoms with Gasteiger partial charge in [0.15, 0.2) is 0 Å². The maximum absolute atomic E-state index is 11.7. The summed E-state index contributed by atoms with van der Waals surface area (Å²) in [6.07, 6.45) is 6.55. The number of Topliss-reactive ketones (excluding diaryl/α,β-unsaturated/α-hetero) is 1. The van der Waals surface area contributed by atoms with Crippen molar-refractivity contribution in [2.24, 2.45) is 13.0 Å². The summed E-state index contributed by atoms with van der Waals surface area (Å²) in [5.41, 5.74) is 2.06. The van der Waals surface area contributed by atoms with E-state index in [2.05, 4.69) is 12.0 Å². The highest BCUT2D eigenvalue weighted by atomic mass is 35.5. The van der Waals surface area contributed by atoms with Gasteiger partial charge in [0, 0.05) is 19.9 Å². The van der Waals surface area contributed by atoms with Gasteiger partial charge in [0.2, 0.25) is 0 Å². The van der Waals surface area contributed by atoms with E-state index in [0.29, 0.717) is 18.1 Å². The molecule has 1 unspecified atom stereocenters. The quantitative estimate of drug-likeness (QED) is 0.788. The van der Waals surface area contributed by atoms with Crippen molar-refractivity contribution in [2.45, 2.75) is 51.9 Å². The molecule has 1 fully saturated rings. The molecule has 18 heavy (non-hydrogen) atoms. The Labute approximate surface area is 114 Å². The number of aromatic nitrogens is 2. The predicted octanol–water partition coefficient (Wildman–Crippen LogP) is 3.33. The summed E-state index contributed by atoms with van der Waals surface area (Å²) in [6.45, 7) is 2.06. The maximum atomic E-state index is 11.7. The van der Waals surface area contributed by atoms with Gasteiger partial charge in [-0.3, -0.25) is 9.48 Å². The zero-order chi connectivity index (χ0) is 13.1. The Kier molecular flexibility index (Phi) is 4.44. The van der Waals surface area contributed by atoms with Crippen LogP contribution in [0.2, 0.25) is 5.02 Å². The van der Waals surface area contributed by atoms with E-state index >= 15 is 0 Å². The van der Waals surface area contributed by atoms with E-state index in [9.17, 15) is 4.79 Å². The summed E-state index contributed by atoms with van der Waals surface area (Å²) in [5, 5.41) is 5.24. The highest BCUT2D eigenvalue weighted by molar-refractivity contribution is 6.31. The third-order valence-electron chi connectivity index (χ3n) is 3.82. The van der Waals surface area contributed by atoms with Crippen LogP contribution in [0, 0.1) is 5.92 Å². The molecule has 0 saturated heterocycles. The number of hydrogen-bond acceptors (Lipinski definition) is 2. The van der Waals surface area contributed by atoms with Gasteiger partial charge in [-0.05, 0) is 31.6 Å². The number of rotatable bonds is 3. The van der Waals surface area contributed by atoms with Gasteiger partial charge >= 0.3 is 0 Å². The molecule has 0 spiro atoms. The molecule has 1 heterocycles. The third-order valence-corrected chi connectivity index (χ3v) is 4.26. The van der Waals surface area contributed by atoms with E-state index in [1.165, 1.54) is 0 Å². The first kappa shape index (κ1) is 13.6. The minimum atomic E-state index is 0.409. The lowest BCUT2D eigenvalue weighted by Crippen LogP contribution is -2.11. The molecule has 0 bridgehead atoms. The number of aryl methyl sites for hydroxylation is 2. The first-order valence-electron chi connectivity index (χ1n) is 6.83. The Balaban J connectivity index is 2.12. The Hall–Kier alpha value is -0.830. The fourth-order valence-corrected chi connectivity index (χ4v) is 3.14. The van der Waals surface area contributed by atoms with Crippen LogP contribution in [0.4, 0.5) is 0 Å². The second kappa shape index (κ2) is 5.87. The third kappa shape index (κ3) is 2.94. The minimum Gasteiger partial charge on any atom is -0.300 e. The van der Waals surface area contributed by atoms with E-state index in [-0.39, 0.29) is 0 Å². The fourth-order valence-electron chi connectivity index (χ4n) is 2.77. The highest BCUT2D eigenvalue weighted by Crippen LogP contribution is 2.28. The van der Waals surface area contributed by atoms with Crippen LogP contribution < -0.4 is 0 Å². The first-order valence-corrected chi connectivity index (χ1v) is 7.21. The molecule has 0 aromatic carbocycles. The van der Waals surface area contributed by atoms with Crippen molar-refractivity contribution in [2.75, 3.05) is 0 Å². The van der Waals surface area contributed by atoms with Gasteiger partial charge in [0.1, 0.15) is 5.78 Å². The van der Waals surface area contributed by atoms with Crippen LogP contribution in [0.15, 0.2) is 0 Å². The van der Waals surface area contributed by atoms with Gasteiger partial charge in [-0.1, -0.05) is 24.9 Å². The minimum absolute atomic E-state index is 0.409. The lowest BCUT2D eigenvalue weighted by Gasteiger charge is -2.13. The summed E-state index contributed by atoms with van der Waals surface area (Å²) in [5.74, 6) is 0.851. The van der Waals surface area contributed by atoms with E-state index in [1.54, 1.807) is 0 Å². The molecule has 2 rings (SSSR count). The molecule has 1 saturated carbocycles.